The number of ether oxygens (including phenoxy) is 1. The molecule has 1 aliphatic carbocycles. The maximum Gasteiger partial charge on any atom is 0.317 e. The first kappa shape index (κ1) is 20.5. The Balaban J connectivity index is 1.44. The van der Waals surface area contributed by atoms with Gasteiger partial charge in [0.15, 0.2) is 0 Å². The fourth-order valence-electron chi connectivity index (χ4n) is 3.84. The van der Waals surface area contributed by atoms with Crippen molar-refractivity contribution in [2.75, 3.05) is 32.8 Å². The van der Waals surface area contributed by atoms with E-state index in [-0.39, 0.29) is 11.9 Å². The Morgan fingerprint density at radius 2 is 1.64 bits per heavy atom. The Morgan fingerprint density at radius 1 is 1.00 bits per heavy atom. The Labute approximate surface area is 168 Å². The molecule has 0 spiro atoms. The fraction of sp³-hybridized carbons (Fsp3) is 0.636. The Morgan fingerprint density at radius 3 is 2.29 bits per heavy atom. The van der Waals surface area contributed by atoms with Crippen molar-refractivity contribution in [3.8, 4) is 5.75 Å². The van der Waals surface area contributed by atoms with Crippen molar-refractivity contribution in [3.05, 3.63) is 29.8 Å². The lowest BCUT2D eigenvalue weighted by atomic mass is 9.96. The molecule has 0 atom stereocenters. The minimum Gasteiger partial charge on any atom is -0.494 e. The molecule has 0 unspecified atom stereocenters. The van der Waals surface area contributed by atoms with Crippen molar-refractivity contribution in [2.24, 2.45) is 0 Å². The molecule has 1 saturated heterocycles. The summed E-state index contributed by atoms with van der Waals surface area (Å²) in [6.45, 7) is 5.15. The van der Waals surface area contributed by atoms with E-state index in [1.165, 1.54) is 19.3 Å². The topological polar surface area (TPSA) is 61.9 Å². The number of piperazine rings is 1. The molecule has 6 heteroatoms. The summed E-state index contributed by atoms with van der Waals surface area (Å²) in [6, 6.07) is 7.71. The van der Waals surface area contributed by atoms with E-state index >= 15 is 0 Å². The zero-order chi connectivity index (χ0) is 19.8. The summed E-state index contributed by atoms with van der Waals surface area (Å²) in [7, 11) is 0. The van der Waals surface area contributed by atoms with Gasteiger partial charge >= 0.3 is 6.03 Å². The van der Waals surface area contributed by atoms with Gasteiger partial charge in [-0.2, -0.15) is 0 Å². The maximum absolute atomic E-state index is 12.7. The third-order valence-corrected chi connectivity index (χ3v) is 5.65. The summed E-state index contributed by atoms with van der Waals surface area (Å²) in [5.74, 6) is 0.821. The fourth-order valence-corrected chi connectivity index (χ4v) is 3.84. The monoisotopic (exact) mass is 387 g/mol. The highest BCUT2D eigenvalue weighted by Crippen LogP contribution is 2.18. The van der Waals surface area contributed by atoms with Gasteiger partial charge in [-0.3, -0.25) is 4.79 Å². The van der Waals surface area contributed by atoms with Gasteiger partial charge in [-0.25, -0.2) is 4.79 Å². The van der Waals surface area contributed by atoms with E-state index < -0.39 is 0 Å². The largest absolute Gasteiger partial charge is 0.494 e. The van der Waals surface area contributed by atoms with Crippen molar-refractivity contribution >= 4 is 11.9 Å². The van der Waals surface area contributed by atoms with Crippen LogP contribution in [0.15, 0.2) is 24.3 Å². The van der Waals surface area contributed by atoms with Crippen LogP contribution in [0.1, 0.15) is 62.2 Å². The van der Waals surface area contributed by atoms with Crippen LogP contribution < -0.4 is 10.1 Å². The summed E-state index contributed by atoms with van der Waals surface area (Å²) < 4.78 is 5.65. The van der Waals surface area contributed by atoms with Crippen LogP contribution in [0.4, 0.5) is 4.79 Å². The number of benzene rings is 1. The number of nitrogens with zero attached hydrogens (tertiary/aromatic N) is 2. The molecule has 0 aromatic heterocycles. The molecule has 1 aromatic rings. The highest BCUT2D eigenvalue weighted by Gasteiger charge is 2.26. The lowest BCUT2D eigenvalue weighted by Crippen LogP contribution is -2.54. The zero-order valence-corrected chi connectivity index (χ0v) is 17.0. The zero-order valence-electron chi connectivity index (χ0n) is 17.0. The first-order valence-corrected chi connectivity index (χ1v) is 10.7. The quantitative estimate of drug-likeness (QED) is 0.758. The molecule has 6 nitrogen and oxygen atoms in total. The van der Waals surface area contributed by atoms with Crippen molar-refractivity contribution in [2.45, 2.75) is 57.9 Å². The number of hydrogen-bond acceptors (Lipinski definition) is 3. The van der Waals surface area contributed by atoms with E-state index in [4.69, 9.17) is 4.74 Å². The SMILES string of the molecule is CCCCOc1ccc(C(=O)N2CCN(C(=O)NC3CCCCC3)CC2)cc1. The van der Waals surface area contributed by atoms with E-state index in [1.54, 1.807) is 0 Å². The number of carbonyl (C=O) groups excluding carboxylic acids is 2. The van der Waals surface area contributed by atoms with Crippen LogP contribution in [-0.4, -0.2) is 60.6 Å². The lowest BCUT2D eigenvalue weighted by molar-refractivity contribution is 0.0662. The number of nitrogens with one attached hydrogen (secondary N) is 1. The van der Waals surface area contributed by atoms with Crippen LogP contribution >= 0.6 is 0 Å². The van der Waals surface area contributed by atoms with Crippen LogP contribution in [-0.2, 0) is 0 Å². The van der Waals surface area contributed by atoms with Gasteiger partial charge in [0.05, 0.1) is 6.61 Å². The molecule has 2 aliphatic rings. The van der Waals surface area contributed by atoms with E-state index in [0.29, 0.717) is 44.4 Å². The molecular formula is C22H33N3O3. The van der Waals surface area contributed by atoms with Crippen molar-refractivity contribution in [3.63, 3.8) is 0 Å². The van der Waals surface area contributed by atoms with Crippen LogP contribution in [0.2, 0.25) is 0 Å². The Kier molecular flexibility index (Phi) is 7.57. The van der Waals surface area contributed by atoms with Crippen LogP contribution in [0, 0.1) is 0 Å². The second kappa shape index (κ2) is 10.3. The molecule has 0 bridgehead atoms. The van der Waals surface area contributed by atoms with E-state index in [0.717, 1.165) is 31.4 Å². The molecule has 1 heterocycles. The second-order valence-corrected chi connectivity index (χ2v) is 7.79. The second-order valence-electron chi connectivity index (χ2n) is 7.79. The first-order chi connectivity index (χ1) is 13.7. The molecule has 3 rings (SSSR count). The van der Waals surface area contributed by atoms with Gasteiger partial charge < -0.3 is 19.9 Å². The van der Waals surface area contributed by atoms with Gasteiger partial charge in [-0.05, 0) is 43.5 Å². The predicted molar refractivity (Wildman–Crippen MR) is 110 cm³/mol. The van der Waals surface area contributed by atoms with Gasteiger partial charge in [-0.1, -0.05) is 32.6 Å². The molecule has 1 aromatic carbocycles. The normalized spacial score (nSPS) is 18.0. The number of urea groups is 1. The molecule has 154 valence electrons. The standard InChI is InChI=1S/C22H33N3O3/c1-2-3-17-28-20-11-9-18(10-12-20)21(26)24-13-15-25(16-14-24)22(27)23-19-7-5-4-6-8-19/h9-12,19H,2-8,13-17H2,1H3,(H,23,27). The molecular weight excluding hydrogens is 354 g/mol. The molecule has 1 saturated carbocycles. The van der Waals surface area contributed by atoms with Crippen LogP contribution in [0.25, 0.3) is 0 Å². The number of amides is 3. The van der Waals surface area contributed by atoms with Crippen molar-refractivity contribution in [1.29, 1.82) is 0 Å². The molecule has 0 radical (unpaired) electrons. The Bertz CT molecular complexity index is 633. The van der Waals surface area contributed by atoms with Crippen LogP contribution in [0.5, 0.6) is 5.75 Å². The van der Waals surface area contributed by atoms with Gasteiger partial charge in [0.2, 0.25) is 0 Å². The third kappa shape index (κ3) is 5.63. The molecule has 1 aliphatic heterocycles. The maximum atomic E-state index is 12.7. The Hall–Kier alpha value is -2.24. The summed E-state index contributed by atoms with van der Waals surface area (Å²) >= 11 is 0. The average Bonchev–Trinajstić information content (AvgIpc) is 2.75. The van der Waals surface area contributed by atoms with E-state index in [1.807, 2.05) is 34.1 Å². The number of unbranched alkanes of at least 4 members (excludes halogenated alkanes) is 1. The van der Waals surface area contributed by atoms with Crippen LogP contribution in [0.3, 0.4) is 0 Å². The van der Waals surface area contributed by atoms with Gasteiger partial charge in [0.1, 0.15) is 5.75 Å². The molecule has 1 N–H and O–H groups in total. The minimum absolute atomic E-state index is 0.0208. The summed E-state index contributed by atoms with van der Waals surface area (Å²) in [5.41, 5.74) is 0.669. The molecule has 3 amide bonds. The van der Waals surface area contributed by atoms with Gasteiger partial charge in [0.25, 0.3) is 5.91 Å². The average molecular weight is 388 g/mol. The summed E-state index contributed by atoms with van der Waals surface area (Å²) in [6.07, 6.45) is 7.98. The summed E-state index contributed by atoms with van der Waals surface area (Å²) in [5, 5.41) is 3.16. The summed E-state index contributed by atoms with van der Waals surface area (Å²) in [4.78, 5) is 28.9. The minimum atomic E-state index is 0.0208. The highest BCUT2D eigenvalue weighted by atomic mass is 16.5. The number of rotatable bonds is 6. The predicted octanol–water partition coefficient (Wildman–Crippen LogP) is 3.67. The molecule has 28 heavy (non-hydrogen) atoms. The van der Waals surface area contributed by atoms with Gasteiger partial charge in [0, 0.05) is 37.8 Å². The number of carbonyl (C=O) groups is 2. The molecule has 2 fully saturated rings. The van der Waals surface area contributed by atoms with E-state index in [9.17, 15) is 9.59 Å². The third-order valence-electron chi connectivity index (χ3n) is 5.65. The lowest BCUT2D eigenvalue weighted by Gasteiger charge is -2.36. The van der Waals surface area contributed by atoms with Crippen molar-refractivity contribution in [1.82, 2.24) is 15.1 Å². The van der Waals surface area contributed by atoms with Gasteiger partial charge in [-0.15, -0.1) is 0 Å². The van der Waals surface area contributed by atoms with E-state index in [2.05, 4.69) is 12.2 Å². The number of hydrogen-bond donors (Lipinski definition) is 1. The first-order valence-electron chi connectivity index (χ1n) is 10.7. The highest BCUT2D eigenvalue weighted by molar-refractivity contribution is 5.94. The smallest absolute Gasteiger partial charge is 0.317 e. The van der Waals surface area contributed by atoms with Crippen molar-refractivity contribution < 1.29 is 14.3 Å².